The second-order valence-corrected chi connectivity index (χ2v) is 7.01. The molecule has 0 aromatic heterocycles. The molecular weight excluding hydrogens is 336 g/mol. The maximum Gasteiger partial charge on any atom is 0.251 e. The van der Waals surface area contributed by atoms with E-state index in [0.717, 1.165) is 11.1 Å². The summed E-state index contributed by atoms with van der Waals surface area (Å²) >= 11 is 6.20. The van der Waals surface area contributed by atoms with E-state index in [1.54, 1.807) is 6.07 Å². The Morgan fingerprint density at radius 1 is 1.16 bits per heavy atom. The van der Waals surface area contributed by atoms with Crippen LogP contribution in [0.2, 0.25) is 5.02 Å². The fourth-order valence-electron chi connectivity index (χ4n) is 2.59. The normalized spacial score (nSPS) is 12.2. The van der Waals surface area contributed by atoms with Crippen LogP contribution in [0.3, 0.4) is 0 Å². The van der Waals surface area contributed by atoms with Gasteiger partial charge in [0.25, 0.3) is 5.91 Å². The maximum absolute atomic E-state index is 12.4. The van der Waals surface area contributed by atoms with Gasteiger partial charge in [-0.2, -0.15) is 0 Å². The summed E-state index contributed by atoms with van der Waals surface area (Å²) in [4.78, 5) is 14.5. The van der Waals surface area contributed by atoms with Crippen molar-refractivity contribution in [1.82, 2.24) is 10.2 Å². The number of rotatable bonds is 6. The van der Waals surface area contributed by atoms with Crippen molar-refractivity contribution in [2.45, 2.75) is 26.3 Å². The Bertz CT molecular complexity index is 759. The lowest BCUT2D eigenvalue weighted by Crippen LogP contribution is -2.41. The molecule has 2 aromatic rings. The minimum absolute atomic E-state index is 0.0771. The van der Waals surface area contributed by atoms with Crippen LogP contribution in [0.25, 0.3) is 0 Å². The van der Waals surface area contributed by atoms with E-state index in [2.05, 4.69) is 10.2 Å². The van der Waals surface area contributed by atoms with Gasteiger partial charge in [0.15, 0.2) is 0 Å². The summed E-state index contributed by atoms with van der Waals surface area (Å²) in [6.07, 6.45) is 0.680. The van der Waals surface area contributed by atoms with Crippen molar-refractivity contribution < 1.29 is 9.90 Å². The largest absolute Gasteiger partial charge is 0.508 e. The fourth-order valence-corrected chi connectivity index (χ4v) is 2.84. The molecule has 0 saturated carbocycles. The Kier molecular flexibility index (Phi) is 6.45. The number of carbonyl (C=O) groups is 1. The van der Waals surface area contributed by atoms with Gasteiger partial charge in [-0.3, -0.25) is 4.79 Å². The molecule has 4 nitrogen and oxygen atoms in total. The third-order valence-electron chi connectivity index (χ3n) is 4.49. The van der Waals surface area contributed by atoms with Gasteiger partial charge in [-0.1, -0.05) is 23.7 Å². The second-order valence-electron chi connectivity index (χ2n) is 6.61. The van der Waals surface area contributed by atoms with Crippen molar-refractivity contribution in [3.8, 4) is 5.75 Å². The van der Waals surface area contributed by atoms with Crippen molar-refractivity contribution in [1.29, 1.82) is 0 Å². The number of carbonyl (C=O) groups excluding carboxylic acids is 1. The quantitative estimate of drug-likeness (QED) is 0.828. The van der Waals surface area contributed by atoms with Crippen LogP contribution in [0, 0.1) is 13.8 Å². The zero-order valence-corrected chi connectivity index (χ0v) is 15.9. The topological polar surface area (TPSA) is 52.6 Å². The molecule has 0 radical (unpaired) electrons. The van der Waals surface area contributed by atoms with Crippen molar-refractivity contribution in [3.05, 3.63) is 63.7 Å². The molecule has 5 heteroatoms. The van der Waals surface area contributed by atoms with Crippen molar-refractivity contribution >= 4 is 17.5 Å². The number of nitrogens with zero attached hydrogens (tertiary/aromatic N) is 1. The third-order valence-corrected chi connectivity index (χ3v) is 4.84. The first-order valence-corrected chi connectivity index (χ1v) is 8.65. The highest BCUT2D eigenvalue weighted by Gasteiger charge is 2.16. The highest BCUT2D eigenvalue weighted by atomic mass is 35.5. The minimum Gasteiger partial charge on any atom is -0.508 e. The van der Waals surface area contributed by atoms with E-state index in [0.29, 0.717) is 23.6 Å². The predicted molar refractivity (Wildman–Crippen MR) is 103 cm³/mol. The molecule has 0 bridgehead atoms. The van der Waals surface area contributed by atoms with Crippen LogP contribution in [0.4, 0.5) is 0 Å². The Morgan fingerprint density at radius 2 is 1.88 bits per heavy atom. The first-order chi connectivity index (χ1) is 11.8. The number of hydrogen-bond acceptors (Lipinski definition) is 3. The third kappa shape index (κ3) is 5.21. The van der Waals surface area contributed by atoms with Crippen LogP contribution >= 0.6 is 11.6 Å². The summed E-state index contributed by atoms with van der Waals surface area (Å²) in [7, 11) is 3.95. The Labute approximate surface area is 154 Å². The molecule has 2 aromatic carbocycles. The number of phenols is 1. The lowest BCUT2D eigenvalue weighted by atomic mass is 10.0. The van der Waals surface area contributed by atoms with Crippen LogP contribution in [-0.4, -0.2) is 42.6 Å². The molecular formula is C20H25ClN2O2. The van der Waals surface area contributed by atoms with E-state index < -0.39 is 0 Å². The van der Waals surface area contributed by atoms with Gasteiger partial charge in [-0.05, 0) is 75.3 Å². The second kappa shape index (κ2) is 8.37. The maximum atomic E-state index is 12.4. The van der Waals surface area contributed by atoms with Crippen LogP contribution in [-0.2, 0) is 6.42 Å². The molecule has 134 valence electrons. The number of nitrogens with one attached hydrogen (secondary N) is 1. The Balaban J connectivity index is 2.03. The van der Waals surface area contributed by atoms with Gasteiger partial charge in [-0.25, -0.2) is 0 Å². The summed E-state index contributed by atoms with van der Waals surface area (Å²) in [5.74, 6) is 0.0740. The number of likely N-dealkylation sites (N-methyl/N-ethyl adjacent to an activating group) is 1. The molecule has 25 heavy (non-hydrogen) atoms. The highest BCUT2D eigenvalue weighted by Crippen LogP contribution is 2.23. The first-order valence-electron chi connectivity index (χ1n) is 8.27. The van der Waals surface area contributed by atoms with Gasteiger partial charge in [0.2, 0.25) is 0 Å². The molecule has 1 amide bonds. The molecule has 0 saturated heterocycles. The standard InChI is InChI=1S/C20H25ClN2O2/c1-13-5-6-16(9-14(13)2)20(25)22-12-17(23(3)4)10-15-7-8-18(24)11-19(15)21/h5-9,11,17,24H,10,12H2,1-4H3,(H,22,25). The van der Waals surface area contributed by atoms with Crippen LogP contribution in [0.15, 0.2) is 36.4 Å². The molecule has 0 aliphatic heterocycles. The molecule has 0 heterocycles. The summed E-state index contributed by atoms with van der Waals surface area (Å²) in [6, 6.07) is 10.8. The zero-order chi connectivity index (χ0) is 18.6. The van der Waals surface area contributed by atoms with Crippen LogP contribution in [0.1, 0.15) is 27.0 Å². The van der Waals surface area contributed by atoms with Crippen molar-refractivity contribution in [3.63, 3.8) is 0 Å². The van der Waals surface area contributed by atoms with Crippen LogP contribution < -0.4 is 5.32 Å². The SMILES string of the molecule is Cc1ccc(C(=O)NCC(Cc2ccc(O)cc2Cl)N(C)C)cc1C. The molecule has 2 rings (SSSR count). The molecule has 0 aliphatic rings. The monoisotopic (exact) mass is 360 g/mol. The molecule has 0 fully saturated rings. The van der Waals surface area contributed by atoms with Crippen LogP contribution in [0.5, 0.6) is 5.75 Å². The summed E-state index contributed by atoms with van der Waals surface area (Å²) in [5, 5.41) is 13.0. The number of halogens is 1. The lowest BCUT2D eigenvalue weighted by Gasteiger charge is -2.25. The van der Waals surface area contributed by atoms with Gasteiger partial charge >= 0.3 is 0 Å². The van der Waals surface area contributed by atoms with E-state index >= 15 is 0 Å². The Hall–Kier alpha value is -2.04. The summed E-state index contributed by atoms with van der Waals surface area (Å²) in [5.41, 5.74) is 3.89. The van der Waals surface area contributed by atoms with E-state index in [-0.39, 0.29) is 17.7 Å². The molecule has 1 atom stereocenters. The van der Waals surface area contributed by atoms with E-state index in [1.165, 1.54) is 11.6 Å². The van der Waals surface area contributed by atoms with E-state index in [9.17, 15) is 9.90 Å². The molecule has 1 unspecified atom stereocenters. The number of amides is 1. The zero-order valence-electron chi connectivity index (χ0n) is 15.1. The van der Waals surface area contributed by atoms with Gasteiger partial charge in [-0.15, -0.1) is 0 Å². The van der Waals surface area contributed by atoms with Crippen molar-refractivity contribution in [2.24, 2.45) is 0 Å². The van der Waals surface area contributed by atoms with Gasteiger partial charge in [0.1, 0.15) is 5.75 Å². The number of phenolic OH excluding ortho intramolecular Hbond substituents is 1. The summed E-state index contributed by atoms with van der Waals surface area (Å²) in [6.45, 7) is 4.54. The van der Waals surface area contributed by atoms with Crippen molar-refractivity contribution in [2.75, 3.05) is 20.6 Å². The van der Waals surface area contributed by atoms with Gasteiger partial charge in [0, 0.05) is 23.2 Å². The minimum atomic E-state index is -0.0771. The first kappa shape index (κ1) is 19.3. The molecule has 0 aliphatic carbocycles. The number of benzene rings is 2. The number of aromatic hydroxyl groups is 1. The Morgan fingerprint density at radius 3 is 2.48 bits per heavy atom. The average Bonchev–Trinajstić information content (AvgIpc) is 2.55. The number of hydrogen-bond donors (Lipinski definition) is 2. The molecule has 0 spiro atoms. The smallest absolute Gasteiger partial charge is 0.251 e. The number of aryl methyl sites for hydroxylation is 2. The van der Waals surface area contributed by atoms with Gasteiger partial charge in [0.05, 0.1) is 0 Å². The van der Waals surface area contributed by atoms with E-state index in [4.69, 9.17) is 11.6 Å². The molecule has 2 N–H and O–H groups in total. The summed E-state index contributed by atoms with van der Waals surface area (Å²) < 4.78 is 0. The fraction of sp³-hybridized carbons (Fsp3) is 0.350. The van der Waals surface area contributed by atoms with E-state index in [1.807, 2.05) is 52.2 Å². The predicted octanol–water partition coefficient (Wildman–Crippen LogP) is 3.57. The average molecular weight is 361 g/mol. The highest BCUT2D eigenvalue weighted by molar-refractivity contribution is 6.31. The lowest BCUT2D eigenvalue weighted by molar-refractivity contribution is 0.0941. The van der Waals surface area contributed by atoms with Gasteiger partial charge < -0.3 is 15.3 Å².